The van der Waals surface area contributed by atoms with Gasteiger partial charge in [-0.05, 0) is 45.8 Å². The lowest BCUT2D eigenvalue weighted by molar-refractivity contribution is 0.177. The monoisotopic (exact) mass is 198 g/mol. The van der Waals surface area contributed by atoms with Crippen LogP contribution in [0.4, 0.5) is 0 Å². The fourth-order valence-electron chi connectivity index (χ4n) is 2.43. The Balaban J connectivity index is 2.47. The van der Waals surface area contributed by atoms with Crippen LogP contribution in [0.5, 0.6) is 0 Å². The number of hydrogen-bond donors (Lipinski definition) is 1. The maximum atomic E-state index is 3.66. The zero-order valence-electron chi connectivity index (χ0n) is 10.2. The standard InChI is InChI=1S/C12H26N2/c1-10(2)9-12(14(3)4)11-7-5-6-8-13-11/h10-13H,5-9H2,1-4H3. The summed E-state index contributed by atoms with van der Waals surface area (Å²) in [6.07, 6.45) is 5.43. The second-order valence-corrected chi connectivity index (χ2v) is 5.22. The normalized spacial score (nSPS) is 25.7. The molecule has 0 saturated carbocycles. The largest absolute Gasteiger partial charge is 0.312 e. The molecule has 1 N–H and O–H groups in total. The van der Waals surface area contributed by atoms with Gasteiger partial charge in [0, 0.05) is 12.1 Å². The van der Waals surface area contributed by atoms with Crippen molar-refractivity contribution in [1.29, 1.82) is 0 Å². The minimum Gasteiger partial charge on any atom is -0.312 e. The van der Waals surface area contributed by atoms with E-state index in [1.54, 1.807) is 0 Å². The second kappa shape index (κ2) is 5.72. The molecule has 1 fully saturated rings. The number of rotatable bonds is 4. The van der Waals surface area contributed by atoms with Crippen molar-refractivity contribution in [3.05, 3.63) is 0 Å². The molecule has 2 atom stereocenters. The summed E-state index contributed by atoms with van der Waals surface area (Å²) in [7, 11) is 4.42. The Morgan fingerprint density at radius 1 is 1.29 bits per heavy atom. The highest BCUT2D eigenvalue weighted by molar-refractivity contribution is 4.85. The minimum absolute atomic E-state index is 0.718. The first kappa shape index (κ1) is 12.0. The van der Waals surface area contributed by atoms with Gasteiger partial charge in [-0.15, -0.1) is 0 Å². The fraction of sp³-hybridized carbons (Fsp3) is 1.00. The van der Waals surface area contributed by atoms with Crippen LogP contribution in [0.2, 0.25) is 0 Å². The summed E-state index contributed by atoms with van der Waals surface area (Å²) < 4.78 is 0. The highest BCUT2D eigenvalue weighted by Gasteiger charge is 2.25. The minimum atomic E-state index is 0.718. The second-order valence-electron chi connectivity index (χ2n) is 5.22. The first-order chi connectivity index (χ1) is 6.61. The smallest absolute Gasteiger partial charge is 0.0245 e. The van der Waals surface area contributed by atoms with Gasteiger partial charge < -0.3 is 10.2 Å². The van der Waals surface area contributed by atoms with Gasteiger partial charge in [-0.3, -0.25) is 0 Å². The van der Waals surface area contributed by atoms with E-state index in [-0.39, 0.29) is 0 Å². The van der Waals surface area contributed by atoms with E-state index in [1.165, 1.54) is 32.2 Å². The molecule has 14 heavy (non-hydrogen) atoms. The van der Waals surface area contributed by atoms with Crippen molar-refractivity contribution < 1.29 is 0 Å². The van der Waals surface area contributed by atoms with Crippen molar-refractivity contribution in [2.75, 3.05) is 20.6 Å². The van der Waals surface area contributed by atoms with Crippen molar-refractivity contribution in [3.63, 3.8) is 0 Å². The molecule has 0 bridgehead atoms. The van der Waals surface area contributed by atoms with Gasteiger partial charge in [0.25, 0.3) is 0 Å². The summed E-state index contributed by atoms with van der Waals surface area (Å²) in [4.78, 5) is 2.39. The highest BCUT2D eigenvalue weighted by Crippen LogP contribution is 2.19. The van der Waals surface area contributed by atoms with Crippen LogP contribution >= 0.6 is 0 Å². The van der Waals surface area contributed by atoms with Crippen LogP contribution in [0.15, 0.2) is 0 Å². The Hall–Kier alpha value is -0.0800. The quantitative estimate of drug-likeness (QED) is 0.744. The summed E-state index contributed by atoms with van der Waals surface area (Å²) >= 11 is 0. The van der Waals surface area contributed by atoms with Crippen LogP contribution in [0.3, 0.4) is 0 Å². The average molecular weight is 198 g/mol. The van der Waals surface area contributed by atoms with E-state index < -0.39 is 0 Å². The molecule has 1 heterocycles. The molecule has 0 spiro atoms. The number of hydrogen-bond acceptors (Lipinski definition) is 2. The van der Waals surface area contributed by atoms with E-state index in [0.29, 0.717) is 0 Å². The third-order valence-electron chi connectivity index (χ3n) is 3.19. The van der Waals surface area contributed by atoms with Crippen molar-refractivity contribution in [2.24, 2.45) is 5.92 Å². The van der Waals surface area contributed by atoms with Crippen molar-refractivity contribution in [3.8, 4) is 0 Å². The van der Waals surface area contributed by atoms with Crippen molar-refractivity contribution in [2.45, 2.75) is 51.6 Å². The van der Waals surface area contributed by atoms with Crippen LogP contribution in [0.25, 0.3) is 0 Å². The SMILES string of the molecule is CC(C)CC(C1CCCCN1)N(C)C. The molecule has 2 nitrogen and oxygen atoms in total. The molecule has 1 aliphatic rings. The molecule has 1 aliphatic heterocycles. The van der Waals surface area contributed by atoms with E-state index in [1.807, 2.05) is 0 Å². The van der Waals surface area contributed by atoms with E-state index >= 15 is 0 Å². The molecule has 84 valence electrons. The fourth-order valence-corrected chi connectivity index (χ4v) is 2.43. The molecule has 0 amide bonds. The Morgan fingerprint density at radius 2 is 2.00 bits per heavy atom. The molecule has 0 aromatic carbocycles. The predicted molar refractivity (Wildman–Crippen MR) is 62.6 cm³/mol. The third kappa shape index (κ3) is 3.58. The topological polar surface area (TPSA) is 15.3 Å². The number of piperidine rings is 1. The van der Waals surface area contributed by atoms with E-state index in [2.05, 4.69) is 38.2 Å². The van der Waals surface area contributed by atoms with Gasteiger partial charge in [-0.2, -0.15) is 0 Å². The first-order valence-electron chi connectivity index (χ1n) is 6.01. The van der Waals surface area contributed by atoms with Gasteiger partial charge in [0.15, 0.2) is 0 Å². The lowest BCUT2D eigenvalue weighted by Gasteiger charge is -2.36. The highest BCUT2D eigenvalue weighted by atomic mass is 15.1. The lowest BCUT2D eigenvalue weighted by Crippen LogP contribution is -2.50. The molecule has 0 aromatic heterocycles. The Kier molecular flexibility index (Phi) is 4.90. The summed E-state index contributed by atoms with van der Waals surface area (Å²) in [5, 5.41) is 3.66. The molecule has 2 unspecified atom stereocenters. The molecule has 0 aromatic rings. The Labute approximate surface area is 89.1 Å². The maximum absolute atomic E-state index is 3.66. The van der Waals surface area contributed by atoms with Crippen molar-refractivity contribution in [1.82, 2.24) is 10.2 Å². The maximum Gasteiger partial charge on any atom is 0.0245 e. The summed E-state index contributed by atoms with van der Waals surface area (Å²) in [6, 6.07) is 1.44. The van der Waals surface area contributed by atoms with E-state index in [4.69, 9.17) is 0 Å². The van der Waals surface area contributed by atoms with Crippen LogP contribution in [0, 0.1) is 5.92 Å². The van der Waals surface area contributed by atoms with E-state index in [9.17, 15) is 0 Å². The van der Waals surface area contributed by atoms with Crippen LogP contribution < -0.4 is 5.32 Å². The Morgan fingerprint density at radius 3 is 2.43 bits per heavy atom. The van der Waals surface area contributed by atoms with Crippen LogP contribution in [0.1, 0.15) is 39.5 Å². The first-order valence-corrected chi connectivity index (χ1v) is 6.01. The zero-order valence-corrected chi connectivity index (χ0v) is 10.2. The molecular formula is C12H26N2. The molecule has 2 heteroatoms. The van der Waals surface area contributed by atoms with Gasteiger partial charge in [0.05, 0.1) is 0 Å². The molecular weight excluding hydrogens is 172 g/mol. The predicted octanol–water partition coefficient (Wildman–Crippen LogP) is 2.10. The van der Waals surface area contributed by atoms with Gasteiger partial charge in [-0.25, -0.2) is 0 Å². The average Bonchev–Trinajstić information content (AvgIpc) is 2.15. The number of likely N-dealkylation sites (N-methyl/N-ethyl adjacent to an activating group) is 1. The van der Waals surface area contributed by atoms with Gasteiger partial charge >= 0.3 is 0 Å². The van der Waals surface area contributed by atoms with Crippen LogP contribution in [-0.4, -0.2) is 37.6 Å². The van der Waals surface area contributed by atoms with E-state index in [0.717, 1.165) is 18.0 Å². The summed E-state index contributed by atoms with van der Waals surface area (Å²) in [5.74, 6) is 0.797. The summed E-state index contributed by atoms with van der Waals surface area (Å²) in [5.41, 5.74) is 0. The lowest BCUT2D eigenvalue weighted by atomic mass is 9.91. The zero-order chi connectivity index (χ0) is 10.6. The third-order valence-corrected chi connectivity index (χ3v) is 3.19. The molecule has 0 radical (unpaired) electrons. The molecule has 1 rings (SSSR count). The molecule has 0 aliphatic carbocycles. The van der Waals surface area contributed by atoms with Gasteiger partial charge in [0.1, 0.15) is 0 Å². The Bertz CT molecular complexity index is 148. The summed E-state index contributed by atoms with van der Waals surface area (Å²) in [6.45, 7) is 5.85. The molecule has 1 saturated heterocycles. The van der Waals surface area contributed by atoms with Gasteiger partial charge in [0.2, 0.25) is 0 Å². The van der Waals surface area contributed by atoms with Gasteiger partial charge in [-0.1, -0.05) is 20.3 Å². The number of nitrogens with one attached hydrogen (secondary N) is 1. The number of nitrogens with zero attached hydrogens (tertiary/aromatic N) is 1. The van der Waals surface area contributed by atoms with Crippen LogP contribution in [-0.2, 0) is 0 Å². The van der Waals surface area contributed by atoms with Crippen molar-refractivity contribution >= 4 is 0 Å².